The van der Waals surface area contributed by atoms with Crippen molar-refractivity contribution in [3.63, 3.8) is 0 Å². The Hall–Kier alpha value is -2.67. The first-order valence-corrected chi connectivity index (χ1v) is 13.8. The van der Waals surface area contributed by atoms with E-state index in [1.54, 1.807) is 6.20 Å². The van der Waals surface area contributed by atoms with Gasteiger partial charge in [0.15, 0.2) is 0 Å². The van der Waals surface area contributed by atoms with E-state index in [1.165, 1.54) is 24.3 Å². The van der Waals surface area contributed by atoms with Gasteiger partial charge in [-0.3, -0.25) is 24.2 Å². The average molecular weight is 555 g/mol. The number of carbonyl (C=O) groups is 1. The van der Waals surface area contributed by atoms with E-state index in [1.807, 2.05) is 30.6 Å². The summed E-state index contributed by atoms with van der Waals surface area (Å²) in [7, 11) is -0.513. The van der Waals surface area contributed by atoms with Crippen LogP contribution in [0.4, 0.5) is 13.2 Å². The Kier molecular flexibility index (Phi) is 9.29. The highest BCUT2D eigenvalue weighted by atomic mass is 32.2. The van der Waals surface area contributed by atoms with Crippen LogP contribution in [0.1, 0.15) is 38.3 Å². The fourth-order valence-electron chi connectivity index (χ4n) is 5.11. The van der Waals surface area contributed by atoms with Gasteiger partial charge in [0.2, 0.25) is 0 Å². The van der Waals surface area contributed by atoms with Gasteiger partial charge in [0.1, 0.15) is 22.4 Å². The van der Waals surface area contributed by atoms with Gasteiger partial charge >= 0.3 is 6.36 Å². The van der Waals surface area contributed by atoms with Gasteiger partial charge in [0, 0.05) is 38.9 Å². The van der Waals surface area contributed by atoms with Crippen LogP contribution in [-0.4, -0.2) is 74.1 Å². The van der Waals surface area contributed by atoms with Crippen molar-refractivity contribution in [2.75, 3.05) is 26.2 Å². The number of likely N-dealkylation sites (tertiary alicyclic amines) is 1. The maximum Gasteiger partial charge on any atom is 0.573 e. The molecule has 2 fully saturated rings. The quantitative estimate of drug-likeness (QED) is 0.285. The number of hydrogen-bond donors (Lipinski definition) is 2. The monoisotopic (exact) mass is 554 g/mol. The van der Waals surface area contributed by atoms with Gasteiger partial charge < -0.3 is 9.47 Å². The predicted octanol–water partition coefficient (Wildman–Crippen LogP) is 4.37. The Bertz CT molecular complexity index is 1090. The van der Waals surface area contributed by atoms with Crippen molar-refractivity contribution in [3.8, 4) is 11.5 Å². The molecule has 0 bridgehead atoms. The van der Waals surface area contributed by atoms with Gasteiger partial charge in [0.05, 0.1) is 5.69 Å². The molecule has 0 spiro atoms. The van der Waals surface area contributed by atoms with Gasteiger partial charge in [-0.15, -0.1) is 23.8 Å². The number of alkyl halides is 3. The van der Waals surface area contributed by atoms with Crippen molar-refractivity contribution in [1.29, 1.82) is 0 Å². The maximum absolute atomic E-state index is 13.1. The molecule has 4 rings (SSSR count). The van der Waals surface area contributed by atoms with Crippen molar-refractivity contribution in [2.45, 2.75) is 56.4 Å². The van der Waals surface area contributed by atoms with E-state index < -0.39 is 21.8 Å². The number of piperidine rings is 2. The zero-order valence-electron chi connectivity index (χ0n) is 21.2. The van der Waals surface area contributed by atoms with Crippen LogP contribution >= 0.6 is 10.7 Å². The number of hydroxylamine groups is 1. The largest absolute Gasteiger partial charge is 0.573 e. The van der Waals surface area contributed by atoms with Crippen molar-refractivity contribution < 1.29 is 32.6 Å². The van der Waals surface area contributed by atoms with Crippen LogP contribution in [0.2, 0.25) is 0 Å². The molecule has 8 nitrogen and oxygen atoms in total. The average Bonchev–Trinajstić information content (AvgIpc) is 2.91. The number of hydrogen-bond acceptors (Lipinski definition) is 7. The van der Waals surface area contributed by atoms with E-state index in [0.717, 1.165) is 18.8 Å². The summed E-state index contributed by atoms with van der Waals surface area (Å²) in [5.41, 5.74) is 2.92. The number of ether oxygens (including phenoxy) is 2. The number of carbonyl (C=O) groups excluding carboxylic acids is 1. The smallest absolute Gasteiger partial charge is 0.490 e. The van der Waals surface area contributed by atoms with Crippen LogP contribution in [-0.2, 0) is 11.3 Å². The second-order valence-electron chi connectivity index (χ2n) is 9.35. The molecule has 2 saturated heterocycles. The molecule has 2 aliphatic heterocycles. The third kappa shape index (κ3) is 7.04. The Balaban J connectivity index is 1.35. The number of halogens is 3. The minimum absolute atomic E-state index is 0.0919. The van der Waals surface area contributed by atoms with Gasteiger partial charge in [-0.1, -0.05) is 6.07 Å². The van der Waals surface area contributed by atoms with Crippen molar-refractivity contribution in [3.05, 3.63) is 54.4 Å². The van der Waals surface area contributed by atoms with E-state index in [4.69, 9.17) is 4.74 Å². The summed E-state index contributed by atoms with van der Waals surface area (Å²) >= 11 is 0. The molecule has 38 heavy (non-hydrogen) atoms. The summed E-state index contributed by atoms with van der Waals surface area (Å²) in [4.78, 5) is 19.8. The molecular weight excluding hydrogens is 521 g/mol. The van der Waals surface area contributed by atoms with Crippen LogP contribution in [0.25, 0.3) is 0 Å². The molecular formula is C26H33F3N4O4S. The molecule has 1 aromatic heterocycles. The number of nitrogens with one attached hydrogen (secondary N) is 1. The molecule has 1 aromatic carbocycles. The molecule has 2 N–H and O–H groups in total. The molecule has 1 unspecified atom stereocenters. The summed E-state index contributed by atoms with van der Waals surface area (Å²) in [6.07, 6.45) is -0.405. The zero-order valence-corrected chi connectivity index (χ0v) is 22.0. The van der Waals surface area contributed by atoms with Crippen LogP contribution in [0.3, 0.4) is 0 Å². The third-order valence-corrected chi connectivity index (χ3v) is 9.72. The van der Waals surface area contributed by atoms with Crippen molar-refractivity contribution >= 4 is 21.9 Å². The van der Waals surface area contributed by atoms with Gasteiger partial charge in [-0.05, 0) is 74.4 Å². The lowest BCUT2D eigenvalue weighted by Gasteiger charge is -2.46. The molecule has 0 aliphatic carbocycles. The van der Waals surface area contributed by atoms with Crippen LogP contribution < -0.4 is 15.0 Å². The van der Waals surface area contributed by atoms with E-state index >= 15 is 0 Å². The first kappa shape index (κ1) is 28.3. The van der Waals surface area contributed by atoms with Crippen molar-refractivity contribution in [2.24, 2.45) is 0 Å². The number of amides is 1. The lowest BCUT2D eigenvalue weighted by atomic mass is 9.94. The first-order valence-electron chi connectivity index (χ1n) is 12.6. The summed E-state index contributed by atoms with van der Waals surface area (Å²) < 4.78 is 48.6. The Morgan fingerprint density at radius 3 is 2.34 bits per heavy atom. The maximum atomic E-state index is 13.1. The molecule has 12 heteroatoms. The fraction of sp³-hybridized carbons (Fsp3) is 0.500. The molecule has 1 amide bonds. The second kappa shape index (κ2) is 12.5. The van der Waals surface area contributed by atoms with E-state index in [2.05, 4.69) is 24.3 Å². The Morgan fingerprint density at radius 2 is 1.79 bits per heavy atom. The zero-order chi connectivity index (χ0) is 27.2. The standard InChI is InChI=1S/C26H33F3N4O4S/c1-2-38(25(24(34)31-35)12-17-32(18-13-25)19-20-5-3-4-14-30-20)33-15-10-22(11-16-33)36-21-6-8-23(9-7-21)37-26(27,28)29/h2-9,14,22,35H,10-13,15-19H2,1H3,(H,31,34). The number of pyridine rings is 1. The van der Waals surface area contributed by atoms with E-state index in [0.29, 0.717) is 51.1 Å². The highest BCUT2D eigenvalue weighted by Crippen LogP contribution is 2.45. The molecule has 0 saturated carbocycles. The van der Waals surface area contributed by atoms with E-state index in [9.17, 15) is 23.2 Å². The summed E-state index contributed by atoms with van der Waals surface area (Å²) in [5.74, 6) is -0.160. The molecule has 3 heterocycles. The van der Waals surface area contributed by atoms with Gasteiger partial charge in [0.25, 0.3) is 5.91 Å². The number of benzene rings is 1. The lowest BCUT2D eigenvalue weighted by molar-refractivity contribution is -0.274. The topological polar surface area (TPSA) is 87.2 Å². The Labute approximate surface area is 222 Å². The van der Waals surface area contributed by atoms with Crippen molar-refractivity contribution in [1.82, 2.24) is 19.7 Å². The van der Waals surface area contributed by atoms with Crippen LogP contribution in [0, 0.1) is 0 Å². The van der Waals surface area contributed by atoms with E-state index in [-0.39, 0.29) is 17.8 Å². The molecule has 1 atom stereocenters. The summed E-state index contributed by atoms with van der Waals surface area (Å²) in [6, 6.07) is 11.2. The Morgan fingerprint density at radius 1 is 1.13 bits per heavy atom. The lowest BCUT2D eigenvalue weighted by Crippen LogP contribution is -2.54. The third-order valence-electron chi connectivity index (χ3n) is 6.95. The highest BCUT2D eigenvalue weighted by molar-refractivity contribution is 8.14. The number of nitrogens with zero attached hydrogens (tertiary/aromatic N) is 3. The fourth-order valence-corrected chi connectivity index (χ4v) is 7.79. The predicted molar refractivity (Wildman–Crippen MR) is 139 cm³/mol. The number of rotatable bonds is 8. The van der Waals surface area contributed by atoms with Crippen LogP contribution in [0.5, 0.6) is 11.5 Å². The SMILES string of the molecule is C/C=S(/N1CCC(Oc2ccc(OC(F)(F)F)cc2)CC1)C1(C(=O)NO)CCN(Cc2ccccn2)CC1. The molecule has 0 radical (unpaired) electrons. The molecule has 2 aliphatic rings. The van der Waals surface area contributed by atoms with Gasteiger partial charge in [-0.25, -0.2) is 5.48 Å². The molecule has 2 aromatic rings. The first-order chi connectivity index (χ1) is 18.2. The summed E-state index contributed by atoms with van der Waals surface area (Å²) in [6.45, 7) is 5.51. The number of aromatic nitrogens is 1. The minimum Gasteiger partial charge on any atom is -0.490 e. The highest BCUT2D eigenvalue weighted by Gasteiger charge is 2.46. The normalized spacial score (nSPS) is 20.1. The minimum atomic E-state index is -4.73. The molecule has 208 valence electrons. The second-order valence-corrected chi connectivity index (χ2v) is 11.7. The van der Waals surface area contributed by atoms with Gasteiger partial charge in [-0.2, -0.15) is 0 Å². The van der Waals surface area contributed by atoms with Crippen LogP contribution in [0.15, 0.2) is 48.7 Å². The summed E-state index contributed by atoms with van der Waals surface area (Å²) in [5, 5.41) is 11.7.